The van der Waals surface area contributed by atoms with Crippen molar-refractivity contribution in [2.45, 2.75) is 45.6 Å². The lowest BCUT2D eigenvalue weighted by Crippen LogP contribution is -2.52. The number of amides is 1. The van der Waals surface area contributed by atoms with Crippen LogP contribution in [0.5, 0.6) is 0 Å². The molecule has 3 heteroatoms. The van der Waals surface area contributed by atoms with E-state index >= 15 is 0 Å². The maximum absolute atomic E-state index is 11.8. The van der Waals surface area contributed by atoms with Crippen molar-refractivity contribution in [1.29, 1.82) is 0 Å². The molecule has 1 unspecified atom stereocenters. The zero-order valence-corrected chi connectivity index (χ0v) is 9.38. The third kappa shape index (κ3) is 3.29. The van der Waals surface area contributed by atoms with Crippen LogP contribution in [0.1, 0.15) is 39.5 Å². The van der Waals surface area contributed by atoms with Gasteiger partial charge in [-0.3, -0.25) is 4.79 Å². The number of nitrogens with zero attached hydrogens (tertiary/aromatic N) is 1. The van der Waals surface area contributed by atoms with Gasteiger partial charge in [0.25, 0.3) is 0 Å². The van der Waals surface area contributed by atoms with Crippen molar-refractivity contribution < 1.29 is 4.79 Å². The van der Waals surface area contributed by atoms with Gasteiger partial charge in [0.1, 0.15) is 0 Å². The van der Waals surface area contributed by atoms with Gasteiger partial charge in [-0.05, 0) is 13.3 Å². The normalized spacial score (nSPS) is 22.4. The van der Waals surface area contributed by atoms with E-state index in [9.17, 15) is 4.79 Å². The summed E-state index contributed by atoms with van der Waals surface area (Å²) in [7, 11) is 0. The third-order valence-corrected chi connectivity index (χ3v) is 2.82. The molecular formula is C11H22N2O. The largest absolute Gasteiger partial charge is 0.337 e. The zero-order chi connectivity index (χ0) is 10.4. The Balaban J connectivity index is 2.27. The van der Waals surface area contributed by atoms with Crippen LogP contribution in [0.3, 0.4) is 0 Å². The average molecular weight is 198 g/mol. The van der Waals surface area contributed by atoms with Crippen molar-refractivity contribution in [3.8, 4) is 0 Å². The van der Waals surface area contributed by atoms with Gasteiger partial charge in [0.15, 0.2) is 0 Å². The van der Waals surface area contributed by atoms with E-state index < -0.39 is 0 Å². The summed E-state index contributed by atoms with van der Waals surface area (Å²) in [6, 6.07) is 0.373. The Morgan fingerprint density at radius 1 is 1.50 bits per heavy atom. The molecule has 1 rings (SSSR count). The second-order valence-corrected chi connectivity index (χ2v) is 4.10. The maximum Gasteiger partial charge on any atom is 0.222 e. The van der Waals surface area contributed by atoms with Crippen molar-refractivity contribution in [3.05, 3.63) is 0 Å². The Bertz CT molecular complexity index is 182. The SMILES string of the molecule is CCCCCC(=O)N1CCNCC1C. The van der Waals surface area contributed by atoms with E-state index in [1.165, 1.54) is 12.8 Å². The standard InChI is InChI=1S/C11H22N2O/c1-3-4-5-6-11(14)13-8-7-12-9-10(13)2/h10,12H,3-9H2,1-2H3. The predicted octanol–water partition coefficient (Wildman–Crippen LogP) is 1.39. The van der Waals surface area contributed by atoms with Gasteiger partial charge < -0.3 is 10.2 Å². The van der Waals surface area contributed by atoms with Crippen LogP contribution in [-0.4, -0.2) is 36.5 Å². The first kappa shape index (κ1) is 11.5. The molecule has 1 N–H and O–H groups in total. The van der Waals surface area contributed by atoms with Crippen LogP contribution in [0, 0.1) is 0 Å². The first-order valence-electron chi connectivity index (χ1n) is 5.76. The Morgan fingerprint density at radius 3 is 2.93 bits per heavy atom. The lowest BCUT2D eigenvalue weighted by atomic mass is 10.1. The number of rotatable bonds is 4. The van der Waals surface area contributed by atoms with E-state index in [2.05, 4.69) is 19.2 Å². The number of nitrogens with one attached hydrogen (secondary N) is 1. The van der Waals surface area contributed by atoms with Crippen molar-refractivity contribution in [3.63, 3.8) is 0 Å². The summed E-state index contributed by atoms with van der Waals surface area (Å²) in [5, 5.41) is 3.29. The van der Waals surface area contributed by atoms with Crippen molar-refractivity contribution >= 4 is 5.91 Å². The fourth-order valence-electron chi connectivity index (χ4n) is 1.88. The molecule has 0 aromatic carbocycles. The molecule has 1 saturated heterocycles. The summed E-state index contributed by atoms with van der Waals surface area (Å²) in [6.07, 6.45) is 4.14. The molecule has 1 aliphatic heterocycles. The van der Waals surface area contributed by atoms with Crippen molar-refractivity contribution in [1.82, 2.24) is 10.2 Å². The van der Waals surface area contributed by atoms with Gasteiger partial charge in [-0.2, -0.15) is 0 Å². The lowest BCUT2D eigenvalue weighted by Gasteiger charge is -2.34. The second kappa shape index (κ2) is 6.02. The molecule has 0 aromatic heterocycles. The highest BCUT2D eigenvalue weighted by atomic mass is 16.2. The summed E-state index contributed by atoms with van der Waals surface area (Å²) < 4.78 is 0. The maximum atomic E-state index is 11.8. The minimum absolute atomic E-state index is 0.340. The third-order valence-electron chi connectivity index (χ3n) is 2.82. The minimum Gasteiger partial charge on any atom is -0.337 e. The fraction of sp³-hybridized carbons (Fsp3) is 0.909. The molecule has 3 nitrogen and oxygen atoms in total. The monoisotopic (exact) mass is 198 g/mol. The molecule has 1 amide bonds. The Kier molecular flexibility index (Phi) is 4.94. The predicted molar refractivity (Wildman–Crippen MR) is 58.2 cm³/mol. The summed E-state index contributed by atoms with van der Waals surface area (Å²) >= 11 is 0. The van der Waals surface area contributed by atoms with E-state index in [4.69, 9.17) is 0 Å². The minimum atomic E-state index is 0.340. The Labute approximate surface area is 86.9 Å². The highest BCUT2D eigenvalue weighted by molar-refractivity contribution is 5.76. The van der Waals surface area contributed by atoms with Gasteiger partial charge in [-0.15, -0.1) is 0 Å². The van der Waals surface area contributed by atoms with Crippen LogP contribution >= 0.6 is 0 Å². The molecule has 1 atom stereocenters. The fourth-order valence-corrected chi connectivity index (χ4v) is 1.88. The lowest BCUT2D eigenvalue weighted by molar-refractivity contribution is -0.134. The number of carbonyl (C=O) groups excluding carboxylic acids is 1. The molecule has 0 spiro atoms. The van der Waals surface area contributed by atoms with Crippen LogP contribution in [0.4, 0.5) is 0 Å². The van der Waals surface area contributed by atoms with Gasteiger partial charge in [-0.1, -0.05) is 19.8 Å². The molecule has 0 saturated carbocycles. The molecule has 0 bridgehead atoms. The van der Waals surface area contributed by atoms with Gasteiger partial charge >= 0.3 is 0 Å². The summed E-state index contributed by atoms with van der Waals surface area (Å²) in [5.41, 5.74) is 0. The molecule has 1 aliphatic rings. The Morgan fingerprint density at radius 2 is 2.29 bits per heavy atom. The van der Waals surface area contributed by atoms with Gasteiger partial charge in [-0.25, -0.2) is 0 Å². The van der Waals surface area contributed by atoms with Gasteiger partial charge in [0.05, 0.1) is 0 Å². The number of carbonyl (C=O) groups is 1. The molecular weight excluding hydrogens is 176 g/mol. The molecule has 0 aliphatic carbocycles. The second-order valence-electron chi connectivity index (χ2n) is 4.10. The zero-order valence-electron chi connectivity index (χ0n) is 9.38. The Hall–Kier alpha value is -0.570. The molecule has 14 heavy (non-hydrogen) atoms. The molecule has 1 fully saturated rings. The first-order valence-corrected chi connectivity index (χ1v) is 5.76. The van der Waals surface area contributed by atoms with E-state index in [1.807, 2.05) is 4.90 Å². The van der Waals surface area contributed by atoms with Crippen LogP contribution in [-0.2, 0) is 4.79 Å². The summed E-state index contributed by atoms with van der Waals surface area (Å²) in [5.74, 6) is 0.340. The molecule has 0 aromatic rings. The van der Waals surface area contributed by atoms with E-state index in [0.717, 1.165) is 32.5 Å². The van der Waals surface area contributed by atoms with E-state index in [-0.39, 0.29) is 0 Å². The number of piperazine rings is 1. The van der Waals surface area contributed by atoms with Crippen molar-refractivity contribution in [2.24, 2.45) is 0 Å². The van der Waals surface area contributed by atoms with Crippen LogP contribution < -0.4 is 5.32 Å². The molecule has 1 heterocycles. The van der Waals surface area contributed by atoms with Crippen LogP contribution in [0.25, 0.3) is 0 Å². The van der Waals surface area contributed by atoms with E-state index in [1.54, 1.807) is 0 Å². The summed E-state index contributed by atoms with van der Waals surface area (Å²) in [4.78, 5) is 13.8. The summed E-state index contributed by atoms with van der Waals surface area (Å²) in [6.45, 7) is 7.05. The average Bonchev–Trinajstić information content (AvgIpc) is 2.18. The molecule has 82 valence electrons. The van der Waals surface area contributed by atoms with Crippen LogP contribution in [0.2, 0.25) is 0 Å². The number of unbranched alkanes of at least 4 members (excludes halogenated alkanes) is 2. The van der Waals surface area contributed by atoms with Gasteiger partial charge in [0, 0.05) is 32.1 Å². The number of hydrogen-bond donors (Lipinski definition) is 1. The van der Waals surface area contributed by atoms with Gasteiger partial charge in [0.2, 0.25) is 5.91 Å². The highest BCUT2D eigenvalue weighted by Gasteiger charge is 2.21. The van der Waals surface area contributed by atoms with Crippen molar-refractivity contribution in [2.75, 3.05) is 19.6 Å². The highest BCUT2D eigenvalue weighted by Crippen LogP contribution is 2.08. The molecule has 0 radical (unpaired) electrons. The topological polar surface area (TPSA) is 32.3 Å². The van der Waals surface area contributed by atoms with Crippen LogP contribution in [0.15, 0.2) is 0 Å². The number of hydrogen-bond acceptors (Lipinski definition) is 2. The quantitative estimate of drug-likeness (QED) is 0.692. The van der Waals surface area contributed by atoms with E-state index in [0.29, 0.717) is 11.9 Å². The first-order chi connectivity index (χ1) is 6.75. The smallest absolute Gasteiger partial charge is 0.222 e.